The number of nitrogens with one attached hydrogen (secondary N) is 1. The van der Waals surface area contributed by atoms with E-state index >= 15 is 0 Å². The molecule has 0 radical (unpaired) electrons. The predicted octanol–water partition coefficient (Wildman–Crippen LogP) is 0.234. The van der Waals surface area contributed by atoms with Gasteiger partial charge in [-0.2, -0.15) is 0 Å². The maximum atomic E-state index is 6.48. The van der Waals surface area contributed by atoms with Gasteiger partial charge in [0.1, 0.15) is 0 Å². The predicted molar refractivity (Wildman–Crippen MR) is 42.6 cm³/mol. The molecule has 0 amide bonds. The van der Waals surface area contributed by atoms with E-state index in [1.54, 1.807) is 0 Å². The fourth-order valence-corrected chi connectivity index (χ4v) is 0.654. The van der Waals surface area contributed by atoms with Crippen LogP contribution in [0.3, 0.4) is 0 Å². The Balaban J connectivity index is 2.72. The van der Waals surface area contributed by atoms with Crippen LogP contribution < -0.4 is 11.1 Å². The second-order valence-electron chi connectivity index (χ2n) is 2.13. The largest absolute Gasteiger partial charge is 0.330 e. The molecule has 0 aliphatic rings. The molecule has 0 atom stereocenters. The van der Waals surface area contributed by atoms with Crippen molar-refractivity contribution in [2.45, 2.75) is 12.8 Å². The zero-order valence-corrected chi connectivity index (χ0v) is 6.27. The molecule has 3 heteroatoms. The molecule has 0 aliphatic heterocycles. The van der Waals surface area contributed by atoms with Gasteiger partial charge in [0.05, 0.1) is 6.54 Å². The van der Waals surface area contributed by atoms with Crippen LogP contribution >= 0.6 is 0 Å². The fraction of sp³-hybridized carbons (Fsp3) is 0.857. The molecule has 0 rings (SSSR count). The minimum absolute atomic E-state index is 0.586. The number of nitrogens with two attached hydrogens (primary N) is 1. The number of hydrogen-bond donors (Lipinski definition) is 2. The summed E-state index contributed by atoms with van der Waals surface area (Å²) in [5, 5.41) is 3.15. The van der Waals surface area contributed by atoms with Gasteiger partial charge in [0, 0.05) is 0 Å². The van der Waals surface area contributed by atoms with Crippen molar-refractivity contribution in [1.29, 1.82) is 0 Å². The summed E-state index contributed by atoms with van der Waals surface area (Å²) in [6.07, 6.45) is 2.19. The number of hydrogen-bond acceptors (Lipinski definition) is 2. The summed E-state index contributed by atoms with van der Waals surface area (Å²) in [5.74, 6) is 0. The molecule has 10 heavy (non-hydrogen) atoms. The van der Waals surface area contributed by atoms with Gasteiger partial charge < -0.3 is 15.9 Å². The highest BCUT2D eigenvalue weighted by Crippen LogP contribution is 1.81. The first-order valence-corrected chi connectivity index (χ1v) is 3.66. The first kappa shape index (κ1) is 9.41. The summed E-state index contributed by atoms with van der Waals surface area (Å²) in [6.45, 7) is 9.64. The van der Waals surface area contributed by atoms with Gasteiger partial charge in [-0.15, -0.1) is 0 Å². The van der Waals surface area contributed by atoms with E-state index in [9.17, 15) is 0 Å². The first-order chi connectivity index (χ1) is 4.91. The third-order valence-electron chi connectivity index (χ3n) is 1.21. The second kappa shape index (κ2) is 8.41. The van der Waals surface area contributed by atoms with Crippen molar-refractivity contribution in [3.63, 3.8) is 0 Å². The normalized spacial score (nSPS) is 9.20. The quantitative estimate of drug-likeness (QED) is 0.411. The standard InChI is InChI=1S/C7H15N3/c1-9-6-7-10-5-3-2-4-8/h10H,2-8H2. The van der Waals surface area contributed by atoms with E-state index < -0.39 is 0 Å². The Bertz CT molecular complexity index is 95.5. The van der Waals surface area contributed by atoms with E-state index in [-0.39, 0.29) is 0 Å². The van der Waals surface area contributed by atoms with E-state index in [1.165, 1.54) is 0 Å². The van der Waals surface area contributed by atoms with Crippen molar-refractivity contribution in [2.75, 3.05) is 26.2 Å². The Kier molecular flexibility index (Phi) is 7.91. The van der Waals surface area contributed by atoms with Crippen LogP contribution in [0.5, 0.6) is 0 Å². The van der Waals surface area contributed by atoms with Crippen molar-refractivity contribution in [3.05, 3.63) is 11.4 Å². The van der Waals surface area contributed by atoms with Gasteiger partial charge in [0.15, 0.2) is 0 Å². The van der Waals surface area contributed by atoms with Crippen LogP contribution in [0.2, 0.25) is 0 Å². The van der Waals surface area contributed by atoms with Gasteiger partial charge in [-0.25, -0.2) is 6.57 Å². The summed E-state index contributed by atoms with van der Waals surface area (Å²) in [4.78, 5) is 3.22. The molecule has 0 aromatic carbocycles. The Hall–Kier alpha value is -0.590. The number of rotatable bonds is 6. The Morgan fingerprint density at radius 1 is 1.30 bits per heavy atom. The lowest BCUT2D eigenvalue weighted by Crippen LogP contribution is -2.19. The molecule has 0 bridgehead atoms. The van der Waals surface area contributed by atoms with E-state index in [0.717, 1.165) is 32.5 Å². The minimum atomic E-state index is 0.586. The van der Waals surface area contributed by atoms with E-state index in [1.807, 2.05) is 0 Å². The zero-order valence-electron chi connectivity index (χ0n) is 6.27. The zero-order chi connectivity index (χ0) is 7.66. The number of unbranched alkanes of at least 4 members (excludes halogenated alkanes) is 1. The smallest absolute Gasteiger partial charge is 0.226 e. The number of nitrogens with zero attached hydrogens (tertiary/aromatic N) is 1. The van der Waals surface area contributed by atoms with Crippen LogP contribution in [0.1, 0.15) is 12.8 Å². The monoisotopic (exact) mass is 141 g/mol. The molecule has 3 nitrogen and oxygen atoms in total. The van der Waals surface area contributed by atoms with E-state index in [4.69, 9.17) is 12.3 Å². The Morgan fingerprint density at radius 2 is 2.10 bits per heavy atom. The minimum Gasteiger partial charge on any atom is -0.330 e. The Morgan fingerprint density at radius 3 is 2.70 bits per heavy atom. The van der Waals surface area contributed by atoms with Gasteiger partial charge in [-0.1, -0.05) is 0 Å². The van der Waals surface area contributed by atoms with Crippen LogP contribution in [0.4, 0.5) is 0 Å². The summed E-state index contributed by atoms with van der Waals surface area (Å²) in [6, 6.07) is 0. The molecule has 0 fully saturated rings. The SMILES string of the molecule is [C-]#[N+]CCNCCCCN. The van der Waals surface area contributed by atoms with E-state index in [0.29, 0.717) is 6.54 Å². The lowest BCUT2D eigenvalue weighted by atomic mass is 10.3. The molecule has 58 valence electrons. The second-order valence-corrected chi connectivity index (χ2v) is 2.13. The highest BCUT2D eigenvalue weighted by atomic mass is 14.9. The molecule has 0 aromatic heterocycles. The molecule has 0 heterocycles. The molecule has 0 saturated carbocycles. The average molecular weight is 141 g/mol. The van der Waals surface area contributed by atoms with Gasteiger partial charge >= 0.3 is 0 Å². The third kappa shape index (κ3) is 7.41. The topological polar surface area (TPSA) is 42.4 Å². The van der Waals surface area contributed by atoms with Gasteiger partial charge in [0.2, 0.25) is 6.54 Å². The molecule has 0 unspecified atom stereocenters. The first-order valence-electron chi connectivity index (χ1n) is 3.66. The van der Waals surface area contributed by atoms with Crippen LogP contribution in [-0.2, 0) is 0 Å². The summed E-state index contributed by atoms with van der Waals surface area (Å²) in [7, 11) is 0. The fourth-order valence-electron chi connectivity index (χ4n) is 0.654. The summed E-state index contributed by atoms with van der Waals surface area (Å²) in [5.41, 5.74) is 5.29. The maximum Gasteiger partial charge on any atom is 0.226 e. The highest BCUT2D eigenvalue weighted by molar-refractivity contribution is 4.60. The molecule has 0 spiro atoms. The highest BCUT2D eigenvalue weighted by Gasteiger charge is 1.87. The molecular formula is C7H15N3. The summed E-state index contributed by atoms with van der Waals surface area (Å²) >= 11 is 0. The lowest BCUT2D eigenvalue weighted by molar-refractivity contribution is 0.642. The van der Waals surface area contributed by atoms with Crippen molar-refractivity contribution in [1.82, 2.24) is 5.32 Å². The van der Waals surface area contributed by atoms with Crippen molar-refractivity contribution in [3.8, 4) is 0 Å². The molecule has 0 saturated heterocycles. The third-order valence-corrected chi connectivity index (χ3v) is 1.21. The van der Waals surface area contributed by atoms with Crippen LogP contribution in [0, 0.1) is 6.57 Å². The van der Waals surface area contributed by atoms with Gasteiger partial charge in [-0.3, -0.25) is 0 Å². The average Bonchev–Trinajstić information content (AvgIpc) is 1.97. The Labute approximate surface area is 62.4 Å². The molecule has 0 aliphatic carbocycles. The van der Waals surface area contributed by atoms with Gasteiger partial charge in [0.25, 0.3) is 0 Å². The molecular weight excluding hydrogens is 126 g/mol. The molecule has 0 aromatic rings. The van der Waals surface area contributed by atoms with Gasteiger partial charge in [-0.05, 0) is 25.9 Å². The van der Waals surface area contributed by atoms with Crippen LogP contribution in [0.25, 0.3) is 4.85 Å². The van der Waals surface area contributed by atoms with Crippen LogP contribution in [0.15, 0.2) is 0 Å². The van der Waals surface area contributed by atoms with Crippen molar-refractivity contribution < 1.29 is 0 Å². The van der Waals surface area contributed by atoms with Crippen molar-refractivity contribution in [2.24, 2.45) is 5.73 Å². The molecule has 3 N–H and O–H groups in total. The maximum absolute atomic E-state index is 6.48. The van der Waals surface area contributed by atoms with E-state index in [2.05, 4.69) is 10.2 Å². The lowest BCUT2D eigenvalue weighted by Gasteiger charge is -1.97. The van der Waals surface area contributed by atoms with Crippen molar-refractivity contribution >= 4 is 0 Å². The summed E-state index contributed by atoms with van der Waals surface area (Å²) < 4.78 is 0. The van der Waals surface area contributed by atoms with Crippen LogP contribution in [-0.4, -0.2) is 26.2 Å².